The molecule has 10 heavy (non-hydrogen) atoms. The predicted octanol–water partition coefficient (Wildman–Crippen LogP) is -0.227. The molecule has 4 heteroatoms. The molecule has 2 N–H and O–H groups in total. The molecule has 0 unspecified atom stereocenters. The van der Waals surface area contributed by atoms with E-state index in [4.69, 9.17) is 10.3 Å². The lowest BCUT2D eigenvalue weighted by atomic mass is 10.3. The van der Waals surface area contributed by atoms with Gasteiger partial charge >= 0.3 is 0 Å². The zero-order valence-corrected chi connectivity index (χ0v) is 5.87. The fourth-order valence-corrected chi connectivity index (χ4v) is 0.417. The smallest absolute Gasteiger partial charge is 0.272 e. The van der Waals surface area contributed by atoms with E-state index in [1.54, 1.807) is 0 Å². The summed E-state index contributed by atoms with van der Waals surface area (Å²) in [6.07, 6.45) is 0. The van der Waals surface area contributed by atoms with E-state index < -0.39 is 5.91 Å². The average molecular weight is 145 g/mol. The molecular weight excluding hydrogens is 134 g/mol. The number of aliphatic hydroxyl groups is 1. The van der Waals surface area contributed by atoms with Crippen molar-refractivity contribution in [1.29, 1.82) is 0 Å². The summed E-state index contributed by atoms with van der Waals surface area (Å²) in [5, 5.41) is 17.5. The second kappa shape index (κ2) is 4.03. The Morgan fingerprint density at radius 3 is 2.50 bits per heavy atom. The van der Waals surface area contributed by atoms with Gasteiger partial charge in [-0.1, -0.05) is 6.58 Å². The molecule has 58 valence electrons. The molecule has 0 saturated heterocycles. The maximum Gasteiger partial charge on any atom is 0.272 e. The summed E-state index contributed by atoms with van der Waals surface area (Å²) in [5.74, 6) is -0.561. The van der Waals surface area contributed by atoms with E-state index in [9.17, 15) is 4.79 Å². The van der Waals surface area contributed by atoms with Gasteiger partial charge in [0.2, 0.25) is 0 Å². The average Bonchev–Trinajstić information content (AvgIpc) is 1.87. The van der Waals surface area contributed by atoms with Crippen LogP contribution in [0.15, 0.2) is 12.2 Å². The molecule has 0 atom stereocenters. The number of nitrogens with zero attached hydrogens (tertiary/aromatic N) is 1. The van der Waals surface area contributed by atoms with Gasteiger partial charge in [-0.05, 0) is 6.92 Å². The highest BCUT2D eigenvalue weighted by Crippen LogP contribution is 1.93. The maximum atomic E-state index is 10.7. The van der Waals surface area contributed by atoms with Gasteiger partial charge < -0.3 is 5.11 Å². The molecule has 0 spiro atoms. The van der Waals surface area contributed by atoms with Crippen LogP contribution in [0.25, 0.3) is 0 Å². The monoisotopic (exact) mass is 145 g/mol. The molecule has 0 aliphatic rings. The first-order valence-corrected chi connectivity index (χ1v) is 2.86. The minimum Gasteiger partial charge on any atom is -0.394 e. The molecule has 0 aromatic heterocycles. The van der Waals surface area contributed by atoms with Crippen molar-refractivity contribution in [3.63, 3.8) is 0 Å². The first-order valence-electron chi connectivity index (χ1n) is 2.86. The van der Waals surface area contributed by atoms with Crippen LogP contribution in [-0.4, -0.2) is 34.4 Å². The van der Waals surface area contributed by atoms with Gasteiger partial charge in [0.05, 0.1) is 13.2 Å². The Bertz CT molecular complexity index is 144. The Morgan fingerprint density at radius 1 is 1.70 bits per heavy atom. The topological polar surface area (TPSA) is 60.8 Å². The van der Waals surface area contributed by atoms with Gasteiger partial charge in [-0.25, -0.2) is 5.06 Å². The van der Waals surface area contributed by atoms with E-state index in [2.05, 4.69) is 6.58 Å². The highest BCUT2D eigenvalue weighted by atomic mass is 16.5. The van der Waals surface area contributed by atoms with E-state index in [0.717, 1.165) is 0 Å². The summed E-state index contributed by atoms with van der Waals surface area (Å²) in [4.78, 5) is 10.7. The van der Waals surface area contributed by atoms with Crippen LogP contribution in [0.1, 0.15) is 6.92 Å². The molecule has 0 aliphatic carbocycles. The van der Waals surface area contributed by atoms with Crippen molar-refractivity contribution in [2.75, 3.05) is 13.2 Å². The molecule has 0 bridgehead atoms. The van der Waals surface area contributed by atoms with Gasteiger partial charge in [0.25, 0.3) is 5.91 Å². The lowest BCUT2D eigenvalue weighted by Gasteiger charge is -2.12. The SMILES string of the molecule is C=C(C)C(=O)N(O)CCO. The van der Waals surface area contributed by atoms with Crippen molar-refractivity contribution < 1.29 is 15.1 Å². The van der Waals surface area contributed by atoms with E-state index in [1.165, 1.54) is 6.92 Å². The Hall–Kier alpha value is -0.870. The number of hydroxylamine groups is 2. The highest BCUT2D eigenvalue weighted by Gasteiger charge is 2.09. The molecule has 1 amide bonds. The molecule has 0 heterocycles. The van der Waals surface area contributed by atoms with Gasteiger partial charge in [0, 0.05) is 5.57 Å². The fourth-order valence-electron chi connectivity index (χ4n) is 0.417. The lowest BCUT2D eigenvalue weighted by molar-refractivity contribution is -0.162. The van der Waals surface area contributed by atoms with E-state index in [1.807, 2.05) is 0 Å². The van der Waals surface area contributed by atoms with Gasteiger partial charge in [0.1, 0.15) is 0 Å². The normalized spacial score (nSPS) is 9.10. The van der Waals surface area contributed by atoms with Crippen molar-refractivity contribution in [1.82, 2.24) is 5.06 Å². The van der Waals surface area contributed by atoms with Crippen molar-refractivity contribution >= 4 is 5.91 Å². The number of aliphatic hydroxyl groups excluding tert-OH is 1. The molecule has 0 aromatic rings. The van der Waals surface area contributed by atoms with Crippen LogP contribution < -0.4 is 0 Å². The van der Waals surface area contributed by atoms with Crippen LogP contribution in [0, 0.1) is 0 Å². The molecular formula is C6H11NO3. The molecule has 0 aromatic carbocycles. The van der Waals surface area contributed by atoms with Gasteiger partial charge in [-0.2, -0.15) is 0 Å². The maximum absolute atomic E-state index is 10.7. The van der Waals surface area contributed by atoms with Crippen LogP contribution in [0.5, 0.6) is 0 Å². The number of carbonyl (C=O) groups excluding carboxylic acids is 1. The lowest BCUT2D eigenvalue weighted by Crippen LogP contribution is -2.30. The number of hydrogen-bond donors (Lipinski definition) is 2. The summed E-state index contributed by atoms with van der Waals surface area (Å²) < 4.78 is 0. The third kappa shape index (κ3) is 2.61. The second-order valence-electron chi connectivity index (χ2n) is 1.93. The third-order valence-corrected chi connectivity index (χ3v) is 0.911. The Morgan fingerprint density at radius 2 is 2.20 bits per heavy atom. The molecule has 0 saturated carbocycles. The summed E-state index contributed by atoms with van der Waals surface area (Å²) in [6, 6.07) is 0. The van der Waals surface area contributed by atoms with Crippen LogP contribution in [0.3, 0.4) is 0 Å². The van der Waals surface area contributed by atoms with Gasteiger partial charge in [-0.3, -0.25) is 10.0 Å². The summed E-state index contributed by atoms with van der Waals surface area (Å²) in [7, 11) is 0. The van der Waals surface area contributed by atoms with Crippen LogP contribution in [0.4, 0.5) is 0 Å². The second-order valence-corrected chi connectivity index (χ2v) is 1.93. The molecule has 0 rings (SSSR count). The van der Waals surface area contributed by atoms with E-state index >= 15 is 0 Å². The molecule has 0 fully saturated rings. The first-order chi connectivity index (χ1) is 4.59. The highest BCUT2D eigenvalue weighted by molar-refractivity contribution is 5.91. The van der Waals surface area contributed by atoms with E-state index in [0.29, 0.717) is 5.06 Å². The molecule has 0 aliphatic heterocycles. The molecule has 4 nitrogen and oxygen atoms in total. The number of amides is 1. The first kappa shape index (κ1) is 9.13. The summed E-state index contributed by atoms with van der Waals surface area (Å²) in [5.41, 5.74) is 0.246. The number of carbonyl (C=O) groups is 1. The minimum absolute atomic E-state index is 0.0777. The van der Waals surface area contributed by atoms with Gasteiger partial charge in [-0.15, -0.1) is 0 Å². The van der Waals surface area contributed by atoms with Crippen LogP contribution >= 0.6 is 0 Å². The minimum atomic E-state index is -0.561. The standard InChI is InChI=1S/C6H11NO3/c1-5(2)6(9)7(10)3-4-8/h8,10H,1,3-4H2,2H3. The number of hydrogen-bond acceptors (Lipinski definition) is 3. The Balaban J connectivity index is 3.82. The fraction of sp³-hybridized carbons (Fsp3) is 0.500. The van der Waals surface area contributed by atoms with Gasteiger partial charge in [0.15, 0.2) is 0 Å². The summed E-state index contributed by atoms with van der Waals surface area (Å²) in [6.45, 7) is 4.48. The van der Waals surface area contributed by atoms with E-state index in [-0.39, 0.29) is 18.7 Å². The zero-order chi connectivity index (χ0) is 8.15. The predicted molar refractivity (Wildman–Crippen MR) is 35.4 cm³/mol. The van der Waals surface area contributed by atoms with Crippen LogP contribution in [0.2, 0.25) is 0 Å². The Labute approximate surface area is 59.3 Å². The Kier molecular flexibility index (Phi) is 3.68. The number of rotatable bonds is 3. The van der Waals surface area contributed by atoms with Crippen molar-refractivity contribution in [2.45, 2.75) is 6.92 Å². The zero-order valence-electron chi connectivity index (χ0n) is 5.87. The molecule has 0 radical (unpaired) electrons. The van der Waals surface area contributed by atoms with Crippen LogP contribution in [-0.2, 0) is 4.79 Å². The van der Waals surface area contributed by atoms with Crippen molar-refractivity contribution in [2.24, 2.45) is 0 Å². The summed E-state index contributed by atoms with van der Waals surface area (Å²) >= 11 is 0. The largest absolute Gasteiger partial charge is 0.394 e. The third-order valence-electron chi connectivity index (χ3n) is 0.911. The quantitative estimate of drug-likeness (QED) is 0.327. The van der Waals surface area contributed by atoms with Crippen molar-refractivity contribution in [3.8, 4) is 0 Å². The van der Waals surface area contributed by atoms with Crippen molar-refractivity contribution in [3.05, 3.63) is 12.2 Å².